The molecule has 138 valence electrons. The number of nitrogens with two attached hydrogens (primary N) is 1. The van der Waals surface area contributed by atoms with Crippen LogP contribution in [-0.4, -0.2) is 20.9 Å². The summed E-state index contributed by atoms with van der Waals surface area (Å²) in [6, 6.07) is 10.0. The number of nitrogens with zero attached hydrogens (tertiary/aromatic N) is 3. The Morgan fingerprint density at radius 3 is 2.67 bits per heavy atom. The Morgan fingerprint density at radius 1 is 1.15 bits per heavy atom. The molecule has 3 rings (SSSR count). The molecule has 0 aliphatic heterocycles. The molecule has 1 aromatic heterocycles. The van der Waals surface area contributed by atoms with Crippen LogP contribution in [0.25, 0.3) is 0 Å². The second-order valence-electron chi connectivity index (χ2n) is 5.57. The zero-order valence-corrected chi connectivity index (χ0v) is 14.2. The Bertz CT molecular complexity index is 997. The van der Waals surface area contributed by atoms with Crippen molar-refractivity contribution in [3.8, 4) is 0 Å². The zero-order valence-electron chi connectivity index (χ0n) is 14.2. The van der Waals surface area contributed by atoms with Crippen molar-refractivity contribution in [2.45, 2.75) is 13.5 Å². The van der Waals surface area contributed by atoms with Gasteiger partial charge in [-0.05, 0) is 30.7 Å². The highest BCUT2D eigenvalue weighted by molar-refractivity contribution is 5.89. The summed E-state index contributed by atoms with van der Waals surface area (Å²) in [4.78, 5) is 23.9. The predicted octanol–water partition coefficient (Wildman–Crippen LogP) is 3.14. The maximum Gasteiger partial charge on any atom is 0.341 e. The Hall–Kier alpha value is -3.62. The number of halogens is 2. The second kappa shape index (κ2) is 7.73. The van der Waals surface area contributed by atoms with Crippen LogP contribution in [0.15, 0.2) is 42.5 Å². The number of aromatic nitrogens is 3. The molecule has 0 saturated carbocycles. The predicted molar refractivity (Wildman–Crippen MR) is 94.2 cm³/mol. The summed E-state index contributed by atoms with van der Waals surface area (Å²) in [6.45, 7) is 1.55. The average Bonchev–Trinajstić information content (AvgIpc) is 2.61. The van der Waals surface area contributed by atoms with Crippen molar-refractivity contribution in [1.82, 2.24) is 15.0 Å². The van der Waals surface area contributed by atoms with E-state index in [1.807, 2.05) is 31.2 Å². The first kappa shape index (κ1) is 18.2. The maximum atomic E-state index is 13.6. The van der Waals surface area contributed by atoms with Crippen LogP contribution in [0.3, 0.4) is 0 Å². The van der Waals surface area contributed by atoms with Gasteiger partial charge in [0.15, 0.2) is 12.4 Å². The van der Waals surface area contributed by atoms with E-state index < -0.39 is 23.2 Å². The lowest BCUT2D eigenvalue weighted by molar-refractivity contribution is 0.0456. The summed E-state index contributed by atoms with van der Waals surface area (Å²) in [5, 5.41) is 3.00. The standard InChI is InChI=1S/C18H15F2N5O2/c1-10-4-2-3-5-14(10)22-18-24-15(23-17(21)25-18)9-27-16(26)12-7-6-11(19)8-13(12)20/h2-8H,9H2,1H3,(H3,21,22,23,24,25). The van der Waals surface area contributed by atoms with Gasteiger partial charge in [0.05, 0.1) is 5.56 Å². The number of benzene rings is 2. The number of para-hydroxylation sites is 1. The smallest absolute Gasteiger partial charge is 0.341 e. The molecule has 0 fully saturated rings. The van der Waals surface area contributed by atoms with E-state index in [1.165, 1.54) is 0 Å². The first-order valence-electron chi connectivity index (χ1n) is 7.87. The van der Waals surface area contributed by atoms with Crippen molar-refractivity contribution in [3.05, 3.63) is 71.1 Å². The van der Waals surface area contributed by atoms with Crippen molar-refractivity contribution in [1.29, 1.82) is 0 Å². The minimum atomic E-state index is -1.02. The molecular weight excluding hydrogens is 356 g/mol. The van der Waals surface area contributed by atoms with Gasteiger partial charge < -0.3 is 15.8 Å². The summed E-state index contributed by atoms with van der Waals surface area (Å²) in [5.41, 5.74) is 7.02. The number of ether oxygens (including phenoxy) is 1. The fourth-order valence-corrected chi connectivity index (χ4v) is 2.25. The molecule has 0 amide bonds. The number of carbonyl (C=O) groups is 1. The number of esters is 1. The molecule has 9 heteroatoms. The summed E-state index contributed by atoms with van der Waals surface area (Å²) in [6.07, 6.45) is 0. The van der Waals surface area contributed by atoms with Crippen LogP contribution in [0.2, 0.25) is 0 Å². The number of nitrogen functional groups attached to an aromatic ring is 1. The van der Waals surface area contributed by atoms with E-state index in [0.29, 0.717) is 6.07 Å². The lowest BCUT2D eigenvalue weighted by Crippen LogP contribution is -2.12. The molecule has 7 nitrogen and oxygen atoms in total. The van der Waals surface area contributed by atoms with Crippen molar-refractivity contribution in [2.75, 3.05) is 11.1 Å². The molecule has 3 N–H and O–H groups in total. The highest BCUT2D eigenvalue weighted by Crippen LogP contribution is 2.18. The summed E-state index contributed by atoms with van der Waals surface area (Å²) in [7, 11) is 0. The Labute approximate surface area is 153 Å². The monoisotopic (exact) mass is 371 g/mol. The van der Waals surface area contributed by atoms with Crippen molar-refractivity contribution in [2.24, 2.45) is 0 Å². The largest absolute Gasteiger partial charge is 0.454 e. The van der Waals surface area contributed by atoms with E-state index in [0.717, 1.165) is 23.4 Å². The third kappa shape index (κ3) is 4.51. The lowest BCUT2D eigenvalue weighted by Gasteiger charge is -2.10. The molecule has 27 heavy (non-hydrogen) atoms. The Balaban J connectivity index is 1.73. The highest BCUT2D eigenvalue weighted by Gasteiger charge is 2.15. The third-order valence-electron chi connectivity index (χ3n) is 3.57. The molecule has 0 atom stereocenters. The van der Waals surface area contributed by atoms with E-state index in [9.17, 15) is 13.6 Å². The number of hydrogen-bond acceptors (Lipinski definition) is 7. The van der Waals surface area contributed by atoms with Gasteiger partial charge in [0, 0.05) is 11.8 Å². The van der Waals surface area contributed by atoms with E-state index in [2.05, 4.69) is 20.3 Å². The van der Waals surface area contributed by atoms with Crippen LogP contribution in [0.4, 0.5) is 26.4 Å². The minimum absolute atomic E-state index is 0.0694. The molecule has 0 bridgehead atoms. The lowest BCUT2D eigenvalue weighted by atomic mass is 10.2. The minimum Gasteiger partial charge on any atom is -0.454 e. The molecule has 0 radical (unpaired) electrons. The van der Waals surface area contributed by atoms with Gasteiger partial charge in [-0.1, -0.05) is 18.2 Å². The molecule has 1 heterocycles. The van der Waals surface area contributed by atoms with Crippen molar-refractivity contribution < 1.29 is 18.3 Å². The highest BCUT2D eigenvalue weighted by atomic mass is 19.1. The van der Waals surface area contributed by atoms with Gasteiger partial charge in [0.1, 0.15) is 11.6 Å². The molecule has 0 aliphatic rings. The fourth-order valence-electron chi connectivity index (χ4n) is 2.25. The van der Waals surface area contributed by atoms with Crippen molar-refractivity contribution >= 4 is 23.6 Å². The van der Waals surface area contributed by atoms with Gasteiger partial charge in [-0.2, -0.15) is 15.0 Å². The van der Waals surface area contributed by atoms with Crippen LogP contribution in [0.1, 0.15) is 21.7 Å². The van der Waals surface area contributed by atoms with E-state index >= 15 is 0 Å². The first-order chi connectivity index (χ1) is 12.9. The van der Waals surface area contributed by atoms with Crippen LogP contribution >= 0.6 is 0 Å². The van der Waals surface area contributed by atoms with Gasteiger partial charge in [-0.15, -0.1) is 0 Å². The van der Waals surface area contributed by atoms with E-state index in [1.54, 1.807) is 0 Å². The molecule has 3 aromatic rings. The molecule has 0 saturated heterocycles. The Morgan fingerprint density at radius 2 is 1.93 bits per heavy atom. The fraction of sp³-hybridized carbons (Fsp3) is 0.111. The second-order valence-corrected chi connectivity index (χ2v) is 5.57. The maximum absolute atomic E-state index is 13.6. The average molecular weight is 371 g/mol. The number of hydrogen-bond donors (Lipinski definition) is 2. The van der Waals surface area contributed by atoms with E-state index in [-0.39, 0.29) is 24.3 Å². The quantitative estimate of drug-likeness (QED) is 0.664. The normalized spacial score (nSPS) is 10.5. The van der Waals surface area contributed by atoms with Crippen LogP contribution in [0, 0.1) is 18.6 Å². The van der Waals surface area contributed by atoms with Gasteiger partial charge >= 0.3 is 5.97 Å². The molecule has 0 unspecified atom stereocenters. The van der Waals surface area contributed by atoms with E-state index in [4.69, 9.17) is 10.5 Å². The Kier molecular flexibility index (Phi) is 5.20. The third-order valence-corrected chi connectivity index (χ3v) is 3.57. The summed E-state index contributed by atoms with van der Waals surface area (Å²) >= 11 is 0. The van der Waals surface area contributed by atoms with Crippen LogP contribution in [0.5, 0.6) is 0 Å². The number of nitrogens with one attached hydrogen (secondary N) is 1. The van der Waals surface area contributed by atoms with Crippen molar-refractivity contribution in [3.63, 3.8) is 0 Å². The zero-order chi connectivity index (χ0) is 19.4. The first-order valence-corrected chi connectivity index (χ1v) is 7.87. The topological polar surface area (TPSA) is 103 Å². The van der Waals surface area contributed by atoms with Crippen LogP contribution in [-0.2, 0) is 11.3 Å². The van der Waals surface area contributed by atoms with Crippen LogP contribution < -0.4 is 11.1 Å². The molecule has 0 spiro atoms. The molecule has 0 aliphatic carbocycles. The van der Waals surface area contributed by atoms with Gasteiger partial charge in [-0.3, -0.25) is 0 Å². The number of aryl methyl sites for hydroxylation is 1. The number of anilines is 3. The molecular formula is C18H15F2N5O2. The number of carbonyl (C=O) groups excluding carboxylic acids is 1. The SMILES string of the molecule is Cc1ccccc1Nc1nc(N)nc(COC(=O)c2ccc(F)cc2F)n1. The summed E-state index contributed by atoms with van der Waals surface area (Å²) < 4.78 is 31.5. The van der Waals surface area contributed by atoms with Gasteiger partial charge in [0.2, 0.25) is 11.9 Å². The molecule has 2 aromatic carbocycles. The van der Waals surface area contributed by atoms with Gasteiger partial charge in [-0.25, -0.2) is 13.6 Å². The summed E-state index contributed by atoms with van der Waals surface area (Å²) in [5.74, 6) is -2.59. The number of rotatable bonds is 5. The van der Waals surface area contributed by atoms with Gasteiger partial charge in [0.25, 0.3) is 0 Å².